The van der Waals surface area contributed by atoms with Gasteiger partial charge in [0.1, 0.15) is 5.41 Å². The van der Waals surface area contributed by atoms with Gasteiger partial charge in [-0.2, -0.15) is 5.10 Å². The maximum absolute atomic E-state index is 13.3. The number of nitrogens with zero attached hydrogens (tertiary/aromatic N) is 3. The normalized spacial score (nSPS) is 22.1. The number of carbonyl (C=O) groups is 1. The number of aryl methyl sites for hydroxylation is 2. The molecule has 1 unspecified atom stereocenters. The van der Waals surface area contributed by atoms with Crippen LogP contribution < -0.4 is 0 Å². The van der Waals surface area contributed by atoms with Crippen molar-refractivity contribution >= 4 is 23.4 Å². The molecule has 2 aliphatic rings. The molecule has 6 nitrogen and oxygen atoms in total. The second kappa shape index (κ2) is 8.57. The molecule has 30 heavy (non-hydrogen) atoms. The quantitative estimate of drug-likeness (QED) is 0.521. The molecule has 1 aliphatic heterocycles. The highest BCUT2D eigenvalue weighted by atomic mass is 32.2. The van der Waals surface area contributed by atoms with Crippen molar-refractivity contribution in [1.29, 1.82) is 0 Å². The molecule has 1 saturated heterocycles. The first-order chi connectivity index (χ1) is 14.5. The summed E-state index contributed by atoms with van der Waals surface area (Å²) in [5, 5.41) is 4.57. The van der Waals surface area contributed by atoms with Crippen molar-refractivity contribution in [2.75, 3.05) is 20.2 Å². The molecular weight excluding hydrogens is 398 g/mol. The zero-order valence-electron chi connectivity index (χ0n) is 17.9. The molecule has 4 rings (SSSR count). The number of esters is 1. The number of unbranched alkanes of at least 4 members (excludes halogenated alkanes) is 1. The third-order valence-corrected chi connectivity index (χ3v) is 7.67. The van der Waals surface area contributed by atoms with E-state index in [-0.39, 0.29) is 5.97 Å². The third kappa shape index (κ3) is 3.70. The van der Waals surface area contributed by atoms with E-state index in [9.17, 15) is 9.35 Å². The molecule has 160 valence electrons. The number of hydrogen-bond acceptors (Lipinski definition) is 5. The van der Waals surface area contributed by atoms with E-state index in [0.29, 0.717) is 25.9 Å². The highest BCUT2D eigenvalue weighted by Gasteiger charge is 2.52. The van der Waals surface area contributed by atoms with Crippen molar-refractivity contribution in [2.45, 2.75) is 51.0 Å². The van der Waals surface area contributed by atoms with E-state index >= 15 is 0 Å². The predicted octanol–water partition coefficient (Wildman–Crippen LogP) is 3.52. The Morgan fingerprint density at radius 1 is 1.33 bits per heavy atom. The van der Waals surface area contributed by atoms with E-state index in [1.165, 1.54) is 7.11 Å². The first-order valence-electron chi connectivity index (χ1n) is 10.6. The zero-order valence-corrected chi connectivity index (χ0v) is 18.7. The summed E-state index contributed by atoms with van der Waals surface area (Å²) in [6, 6.07) is 7.74. The molecular formula is C23H29N3O3S. The second-order valence-corrected chi connectivity index (χ2v) is 9.71. The number of piperidine rings is 1. The first kappa shape index (κ1) is 21.2. The molecule has 1 aliphatic carbocycles. The summed E-state index contributed by atoms with van der Waals surface area (Å²) >= 11 is -1.32. The lowest BCUT2D eigenvalue weighted by atomic mass is 9.69. The van der Waals surface area contributed by atoms with Gasteiger partial charge in [0.05, 0.1) is 36.9 Å². The molecule has 7 heteroatoms. The summed E-state index contributed by atoms with van der Waals surface area (Å²) in [4.78, 5) is 13.8. The van der Waals surface area contributed by atoms with Crippen LogP contribution in [-0.4, -0.2) is 44.8 Å². The average Bonchev–Trinajstić information content (AvgIpc) is 3.16. The van der Waals surface area contributed by atoms with E-state index in [1.807, 2.05) is 46.4 Å². The Morgan fingerprint density at radius 2 is 2.10 bits per heavy atom. The number of methoxy groups -OCH3 is 1. The van der Waals surface area contributed by atoms with Crippen LogP contribution in [0.1, 0.15) is 43.0 Å². The highest BCUT2D eigenvalue weighted by molar-refractivity contribution is 7.89. The number of fused-ring (bicyclic) bond motifs is 2. The largest absolute Gasteiger partial charge is 0.593 e. The second-order valence-electron chi connectivity index (χ2n) is 8.23. The number of carbonyl (C=O) groups excluding carboxylic acids is 1. The van der Waals surface area contributed by atoms with Crippen LogP contribution in [0.15, 0.2) is 40.9 Å². The molecule has 0 spiro atoms. The molecule has 2 aromatic rings. The van der Waals surface area contributed by atoms with Crippen molar-refractivity contribution in [2.24, 2.45) is 5.41 Å². The Bertz CT molecular complexity index is 953. The van der Waals surface area contributed by atoms with Crippen molar-refractivity contribution < 1.29 is 14.1 Å². The van der Waals surface area contributed by atoms with E-state index in [0.717, 1.165) is 46.7 Å². The van der Waals surface area contributed by atoms with Crippen molar-refractivity contribution in [1.82, 2.24) is 14.1 Å². The minimum Gasteiger partial charge on any atom is -0.593 e. The van der Waals surface area contributed by atoms with Gasteiger partial charge in [0.2, 0.25) is 0 Å². The standard InChI is InChI=1S/C23H29N3O3S/c1-4-5-11-26-21-13-19-10-12-25(30(28)20-8-6-17(2)7-9-20)16-23(19,22(27)29-3)14-18(21)15-24-26/h6-9,13,15H,4-5,10-12,14,16H2,1-3H3/t23-,30?/m0/s1. The van der Waals surface area contributed by atoms with Crippen LogP contribution in [0.4, 0.5) is 0 Å². The number of ether oxygens (including phenoxy) is 1. The predicted molar refractivity (Wildman–Crippen MR) is 117 cm³/mol. The average molecular weight is 428 g/mol. The van der Waals surface area contributed by atoms with E-state index in [2.05, 4.69) is 18.1 Å². The highest BCUT2D eigenvalue weighted by Crippen LogP contribution is 2.45. The summed E-state index contributed by atoms with van der Waals surface area (Å²) in [6.45, 7) is 6.08. The summed E-state index contributed by atoms with van der Waals surface area (Å²) in [5.41, 5.74) is 3.55. The van der Waals surface area contributed by atoms with Crippen molar-refractivity contribution in [3.63, 3.8) is 0 Å². The van der Waals surface area contributed by atoms with Gasteiger partial charge in [-0.15, -0.1) is 4.31 Å². The fourth-order valence-corrected chi connectivity index (χ4v) is 5.73. The molecule has 1 fully saturated rings. The summed E-state index contributed by atoms with van der Waals surface area (Å²) < 4.78 is 22.5. The lowest BCUT2D eigenvalue weighted by Crippen LogP contribution is -2.53. The Hall–Kier alpha value is -2.09. The zero-order chi connectivity index (χ0) is 21.3. The molecule has 2 atom stereocenters. The fourth-order valence-electron chi connectivity index (χ4n) is 4.47. The van der Waals surface area contributed by atoms with Crippen LogP contribution >= 0.6 is 0 Å². The lowest BCUT2D eigenvalue weighted by molar-refractivity contribution is -0.151. The number of rotatable bonds is 6. The van der Waals surface area contributed by atoms with Gasteiger partial charge in [0.15, 0.2) is 4.90 Å². The SMILES string of the molecule is CCCCn1ncc2c1C=C1CCN([S+]([O-])c3ccc(C)cc3)C[C@@]1(C(=O)OC)C2. The van der Waals surface area contributed by atoms with Gasteiger partial charge in [-0.25, -0.2) is 0 Å². The summed E-state index contributed by atoms with van der Waals surface area (Å²) in [7, 11) is 1.44. The molecule has 0 radical (unpaired) electrons. The number of benzene rings is 1. The lowest BCUT2D eigenvalue weighted by Gasteiger charge is -2.43. The van der Waals surface area contributed by atoms with Gasteiger partial charge in [-0.3, -0.25) is 9.48 Å². The molecule has 2 heterocycles. The smallest absolute Gasteiger partial charge is 0.317 e. The van der Waals surface area contributed by atoms with Crippen molar-refractivity contribution in [3.05, 3.63) is 52.9 Å². The van der Waals surface area contributed by atoms with Crippen LogP contribution in [-0.2, 0) is 33.9 Å². The Balaban J connectivity index is 1.65. The maximum atomic E-state index is 13.3. The number of aromatic nitrogens is 2. The molecule has 0 N–H and O–H groups in total. The van der Waals surface area contributed by atoms with Crippen LogP contribution in [0.5, 0.6) is 0 Å². The van der Waals surface area contributed by atoms with Crippen LogP contribution in [0.25, 0.3) is 6.08 Å². The molecule has 1 aromatic heterocycles. The van der Waals surface area contributed by atoms with Crippen molar-refractivity contribution in [3.8, 4) is 0 Å². The van der Waals surface area contributed by atoms with Crippen LogP contribution in [0.2, 0.25) is 0 Å². The van der Waals surface area contributed by atoms with Crippen LogP contribution in [0, 0.1) is 12.3 Å². The topological polar surface area (TPSA) is 70.4 Å². The van der Waals surface area contributed by atoms with E-state index in [1.54, 1.807) is 0 Å². The third-order valence-electron chi connectivity index (χ3n) is 6.21. The van der Waals surface area contributed by atoms with E-state index in [4.69, 9.17) is 4.74 Å². The summed E-state index contributed by atoms with van der Waals surface area (Å²) in [6.07, 6.45) is 7.41. The fraction of sp³-hybridized carbons (Fsp3) is 0.478. The molecule has 0 bridgehead atoms. The van der Waals surface area contributed by atoms with Gasteiger partial charge < -0.3 is 9.29 Å². The van der Waals surface area contributed by atoms with Gasteiger partial charge in [0, 0.05) is 13.1 Å². The van der Waals surface area contributed by atoms with E-state index < -0.39 is 16.8 Å². The number of hydrogen-bond donors (Lipinski definition) is 0. The molecule has 0 saturated carbocycles. The molecule has 0 amide bonds. The Labute approximate surface area is 181 Å². The minimum absolute atomic E-state index is 0.258. The first-order valence-corrected chi connectivity index (χ1v) is 11.7. The van der Waals surface area contributed by atoms with Crippen LogP contribution in [0.3, 0.4) is 0 Å². The minimum atomic E-state index is -1.32. The van der Waals surface area contributed by atoms with Gasteiger partial charge in [-0.05, 0) is 55.5 Å². The van der Waals surface area contributed by atoms with Gasteiger partial charge in [-0.1, -0.05) is 31.0 Å². The Morgan fingerprint density at radius 3 is 2.80 bits per heavy atom. The van der Waals surface area contributed by atoms with Gasteiger partial charge >= 0.3 is 5.97 Å². The monoisotopic (exact) mass is 427 g/mol. The molecule has 1 aromatic carbocycles. The van der Waals surface area contributed by atoms with Gasteiger partial charge in [0.25, 0.3) is 0 Å². The maximum Gasteiger partial charge on any atom is 0.317 e. The summed E-state index contributed by atoms with van der Waals surface area (Å²) in [5.74, 6) is -0.258. The Kier molecular flexibility index (Phi) is 6.04.